The van der Waals surface area contributed by atoms with Crippen molar-refractivity contribution >= 4 is 24.8 Å². The third-order valence-electron chi connectivity index (χ3n) is 1.40. The van der Waals surface area contributed by atoms with Crippen molar-refractivity contribution in [2.24, 2.45) is 0 Å². The van der Waals surface area contributed by atoms with Crippen LogP contribution in [0.15, 0.2) is 18.2 Å². The lowest BCUT2D eigenvalue weighted by Gasteiger charge is -1.96. The fourth-order valence-corrected chi connectivity index (χ4v) is 1.83. The quantitative estimate of drug-likeness (QED) is 0.670. The fourth-order valence-electron chi connectivity index (χ4n) is 0.974. The molecule has 0 aliphatic carbocycles. The van der Waals surface area contributed by atoms with Gasteiger partial charge in [-0.05, 0) is 0 Å². The average Bonchev–Trinajstić information content (AvgIpc) is 2.12. The summed E-state index contributed by atoms with van der Waals surface area (Å²) in [4.78, 5) is 25.6. The van der Waals surface area contributed by atoms with Gasteiger partial charge in [-0.2, -0.15) is 0 Å². The minimum Gasteiger partial charge on any atom is -0.229 e. The van der Waals surface area contributed by atoms with E-state index in [1.807, 2.05) is 0 Å². The van der Waals surface area contributed by atoms with Crippen LogP contribution in [0.3, 0.4) is 0 Å². The molecule has 9 nitrogen and oxygen atoms in total. The van der Waals surface area contributed by atoms with E-state index >= 15 is 0 Å². The summed E-state index contributed by atoms with van der Waals surface area (Å²) in [7, 11) is -8.92. The van der Waals surface area contributed by atoms with Crippen LogP contribution in [0.1, 0.15) is 0 Å². The summed E-state index contributed by atoms with van der Waals surface area (Å²) in [5.74, 6) is -0.709. The van der Waals surface area contributed by atoms with Gasteiger partial charge in [0.1, 0.15) is 0 Å². The summed E-state index contributed by atoms with van der Waals surface area (Å²) in [5, 5.41) is 0. The molecule has 3 N–H and O–H groups in total. The highest BCUT2D eigenvalue weighted by atomic mass is 31.1. The van der Waals surface area contributed by atoms with Crippen LogP contribution in [0.4, 0.5) is 0 Å². The Balaban J connectivity index is 3.06. The van der Waals surface area contributed by atoms with Crippen molar-refractivity contribution < 1.29 is 41.9 Å². The van der Waals surface area contributed by atoms with E-state index < -0.39 is 24.8 Å². The van der Waals surface area contributed by atoms with Crippen LogP contribution in [0, 0.1) is 0 Å². The fraction of sp³-hybridized carbons (Fsp3) is 0. The van der Waals surface area contributed by atoms with Crippen LogP contribution < -0.4 is 13.6 Å². The first-order chi connectivity index (χ1) is 8.36. The molecule has 0 saturated heterocycles. The van der Waals surface area contributed by atoms with E-state index in [-0.39, 0.29) is 17.2 Å². The maximum absolute atomic E-state index is 10.5. The summed E-state index contributed by atoms with van der Waals surface area (Å²) >= 11 is 0. The molecule has 0 aliphatic rings. The Labute approximate surface area is 103 Å². The number of rotatable bonds is 6. The summed E-state index contributed by atoms with van der Waals surface area (Å²) < 4.78 is 44.6. The SMILES string of the molecule is O=[P+](O)Oc1cc(O[P+](=O)O)cc(O[P+](=O)O)c1. The zero-order valence-corrected chi connectivity index (χ0v) is 11.0. The largest absolute Gasteiger partial charge is 0.747 e. The van der Waals surface area contributed by atoms with Crippen LogP contribution >= 0.6 is 24.8 Å². The van der Waals surface area contributed by atoms with E-state index in [2.05, 4.69) is 13.6 Å². The van der Waals surface area contributed by atoms with Gasteiger partial charge in [0.2, 0.25) is 0 Å². The minimum absolute atomic E-state index is 0.236. The Morgan fingerprint density at radius 3 is 1.06 bits per heavy atom. The lowest BCUT2D eigenvalue weighted by molar-refractivity contribution is 0.398. The number of hydrogen-bond donors (Lipinski definition) is 3. The van der Waals surface area contributed by atoms with Gasteiger partial charge in [-0.3, -0.25) is 0 Å². The van der Waals surface area contributed by atoms with E-state index in [1.165, 1.54) is 0 Å². The molecule has 3 unspecified atom stereocenters. The first kappa shape index (κ1) is 14.9. The zero-order chi connectivity index (χ0) is 13.7. The van der Waals surface area contributed by atoms with Crippen molar-refractivity contribution in [3.8, 4) is 17.2 Å². The van der Waals surface area contributed by atoms with Crippen LogP contribution in [-0.2, 0) is 13.7 Å². The summed E-state index contributed by atoms with van der Waals surface area (Å²) in [6, 6.07) is 3.10. The van der Waals surface area contributed by atoms with Crippen molar-refractivity contribution in [2.75, 3.05) is 0 Å². The molecule has 0 saturated carbocycles. The minimum atomic E-state index is -2.97. The summed E-state index contributed by atoms with van der Waals surface area (Å²) in [6.45, 7) is 0. The standard InChI is InChI=1S/C6H3O9P3/c7-16(8)13-4-1-5(14-17(9)10)3-6(2-4)15-18(11)12/h1-3H/p+3. The van der Waals surface area contributed by atoms with Crippen LogP contribution in [0.2, 0.25) is 0 Å². The second kappa shape index (κ2) is 6.66. The molecule has 96 valence electrons. The molecule has 0 aliphatic heterocycles. The van der Waals surface area contributed by atoms with Crippen molar-refractivity contribution in [2.45, 2.75) is 0 Å². The Morgan fingerprint density at radius 2 is 0.889 bits per heavy atom. The maximum atomic E-state index is 10.5. The molecular weight excluding hydrogens is 309 g/mol. The van der Waals surface area contributed by atoms with Crippen molar-refractivity contribution in [3.05, 3.63) is 18.2 Å². The van der Waals surface area contributed by atoms with E-state index in [1.54, 1.807) is 0 Å². The smallest absolute Gasteiger partial charge is 0.229 e. The highest BCUT2D eigenvalue weighted by Crippen LogP contribution is 2.37. The Hall–Kier alpha value is -1.20. The van der Waals surface area contributed by atoms with Gasteiger partial charge in [0.25, 0.3) is 0 Å². The van der Waals surface area contributed by atoms with Gasteiger partial charge in [0, 0.05) is 31.9 Å². The molecule has 1 aromatic rings. The molecule has 3 atom stereocenters. The summed E-state index contributed by atoms with van der Waals surface area (Å²) in [5.41, 5.74) is 0. The van der Waals surface area contributed by atoms with E-state index in [9.17, 15) is 13.7 Å². The van der Waals surface area contributed by atoms with E-state index in [0.29, 0.717) is 0 Å². The molecule has 0 heterocycles. The van der Waals surface area contributed by atoms with Gasteiger partial charge in [-0.15, -0.1) is 14.7 Å². The third-order valence-corrected chi connectivity index (χ3v) is 2.51. The highest BCUT2D eigenvalue weighted by molar-refractivity contribution is 7.33. The second-order valence-corrected chi connectivity index (χ2v) is 4.60. The molecule has 0 fully saturated rings. The van der Waals surface area contributed by atoms with Gasteiger partial charge >= 0.3 is 24.8 Å². The van der Waals surface area contributed by atoms with Crippen LogP contribution in [0.5, 0.6) is 17.2 Å². The van der Waals surface area contributed by atoms with Gasteiger partial charge in [-0.1, -0.05) is 0 Å². The predicted octanol–water partition coefficient (Wildman–Crippen LogP) is 1.77. The molecule has 18 heavy (non-hydrogen) atoms. The molecule has 0 bridgehead atoms. The third kappa shape index (κ3) is 5.42. The lowest BCUT2D eigenvalue weighted by atomic mass is 10.3. The van der Waals surface area contributed by atoms with Crippen molar-refractivity contribution in [1.82, 2.24) is 0 Å². The van der Waals surface area contributed by atoms with Gasteiger partial charge in [0.15, 0.2) is 17.2 Å². The van der Waals surface area contributed by atoms with Gasteiger partial charge in [0.05, 0.1) is 0 Å². The monoisotopic (exact) mass is 315 g/mol. The molecule has 1 aromatic carbocycles. The number of benzene rings is 1. The first-order valence-corrected chi connectivity index (χ1v) is 7.43. The van der Waals surface area contributed by atoms with E-state index in [4.69, 9.17) is 14.7 Å². The highest BCUT2D eigenvalue weighted by Gasteiger charge is 2.24. The average molecular weight is 315 g/mol. The van der Waals surface area contributed by atoms with Crippen LogP contribution in [-0.4, -0.2) is 14.7 Å². The molecule has 1 rings (SSSR count). The van der Waals surface area contributed by atoms with Gasteiger partial charge < -0.3 is 0 Å². The predicted molar refractivity (Wildman–Crippen MR) is 57.8 cm³/mol. The summed E-state index contributed by atoms with van der Waals surface area (Å²) in [6.07, 6.45) is 0. The Kier molecular flexibility index (Phi) is 5.50. The molecule has 0 radical (unpaired) electrons. The zero-order valence-electron chi connectivity index (χ0n) is 8.36. The Bertz CT molecular complexity index is 417. The molecule has 12 heteroatoms. The van der Waals surface area contributed by atoms with Crippen LogP contribution in [0.25, 0.3) is 0 Å². The maximum Gasteiger partial charge on any atom is 0.747 e. The topological polar surface area (TPSA) is 140 Å². The number of hydrogen-bond acceptors (Lipinski definition) is 6. The van der Waals surface area contributed by atoms with Gasteiger partial charge in [-0.25, -0.2) is 13.6 Å². The molecular formula is C6H6O9P3+3. The molecule has 0 spiro atoms. The molecule has 0 aromatic heterocycles. The Morgan fingerprint density at radius 1 is 0.667 bits per heavy atom. The second-order valence-electron chi connectivity index (χ2n) is 2.63. The lowest BCUT2D eigenvalue weighted by Crippen LogP contribution is -1.87. The van der Waals surface area contributed by atoms with Crippen molar-refractivity contribution in [3.63, 3.8) is 0 Å². The normalized spacial score (nSPS) is 12.5. The van der Waals surface area contributed by atoms with Crippen molar-refractivity contribution in [1.29, 1.82) is 0 Å². The van der Waals surface area contributed by atoms with E-state index in [0.717, 1.165) is 18.2 Å². The molecule has 0 amide bonds. The first-order valence-electron chi connectivity index (χ1n) is 4.04.